The monoisotopic (exact) mass is 257 g/mol. The van der Waals surface area contributed by atoms with E-state index in [-0.39, 0.29) is 11.0 Å². The van der Waals surface area contributed by atoms with Crippen LogP contribution in [0.1, 0.15) is 27.2 Å². The molecular weight excluding hydrogens is 242 g/mol. The molecule has 78 valence electrons. The molecule has 1 heterocycles. The molecule has 0 spiro atoms. The molecule has 0 radical (unpaired) electrons. The highest BCUT2D eigenvalue weighted by Crippen LogP contribution is 2.19. The molecule has 1 aromatic heterocycles. The number of rotatable bonds is 2. The van der Waals surface area contributed by atoms with Crippen LogP contribution in [0.2, 0.25) is 0 Å². The molecule has 0 aliphatic carbocycles. The molecule has 0 aliphatic heterocycles. The third-order valence-corrected chi connectivity index (χ3v) is 2.52. The minimum absolute atomic E-state index is 0.0671. The van der Waals surface area contributed by atoms with Gasteiger partial charge in [0.2, 0.25) is 0 Å². The van der Waals surface area contributed by atoms with E-state index in [1.54, 1.807) is 16.7 Å². The molecule has 0 aromatic carbocycles. The van der Waals surface area contributed by atoms with Crippen LogP contribution >= 0.6 is 15.9 Å². The summed E-state index contributed by atoms with van der Waals surface area (Å²) in [5.41, 5.74) is 0.333. The van der Waals surface area contributed by atoms with Gasteiger partial charge in [-0.05, 0) is 33.8 Å². The largest absolute Gasteiger partial charge is 0.314 e. The van der Waals surface area contributed by atoms with E-state index in [1.807, 2.05) is 6.20 Å². The quantitative estimate of drug-likeness (QED) is 0.799. The Morgan fingerprint density at radius 3 is 2.57 bits per heavy atom. The van der Waals surface area contributed by atoms with E-state index in [9.17, 15) is 4.79 Å². The summed E-state index contributed by atoms with van der Waals surface area (Å²) in [4.78, 5) is 11.4. The second-order valence-electron chi connectivity index (χ2n) is 4.69. The maximum atomic E-state index is 11.4. The van der Waals surface area contributed by atoms with Crippen LogP contribution in [0.15, 0.2) is 27.6 Å². The molecule has 0 saturated heterocycles. The Hall–Kier alpha value is -0.570. The second kappa shape index (κ2) is 4.30. The van der Waals surface area contributed by atoms with Gasteiger partial charge in [0.15, 0.2) is 0 Å². The first-order valence-electron chi connectivity index (χ1n) is 4.74. The molecule has 0 unspecified atom stereocenters. The second-order valence-corrected chi connectivity index (χ2v) is 5.61. The van der Waals surface area contributed by atoms with Crippen molar-refractivity contribution in [1.82, 2.24) is 4.57 Å². The van der Waals surface area contributed by atoms with Gasteiger partial charge in [0.05, 0.1) is 0 Å². The zero-order valence-corrected chi connectivity index (χ0v) is 10.5. The number of hydrogen-bond donors (Lipinski definition) is 0. The first kappa shape index (κ1) is 11.5. The molecule has 0 N–H and O–H groups in total. The van der Waals surface area contributed by atoms with Crippen LogP contribution in [0, 0.1) is 5.41 Å². The third kappa shape index (κ3) is 3.66. The van der Waals surface area contributed by atoms with Gasteiger partial charge in [-0.2, -0.15) is 0 Å². The molecule has 3 heteroatoms. The SMILES string of the molecule is CC(C)(C)CCn1cc(Br)ccc1=O. The first-order valence-corrected chi connectivity index (χ1v) is 5.54. The molecular formula is C11H16BrNO. The highest BCUT2D eigenvalue weighted by Gasteiger charge is 2.10. The zero-order chi connectivity index (χ0) is 10.8. The molecule has 0 saturated carbocycles. The summed E-state index contributed by atoms with van der Waals surface area (Å²) in [5.74, 6) is 0. The van der Waals surface area contributed by atoms with Gasteiger partial charge in [0.1, 0.15) is 0 Å². The summed E-state index contributed by atoms with van der Waals surface area (Å²) >= 11 is 3.36. The van der Waals surface area contributed by atoms with Crippen molar-refractivity contribution in [2.24, 2.45) is 5.41 Å². The molecule has 14 heavy (non-hydrogen) atoms. The van der Waals surface area contributed by atoms with Gasteiger partial charge in [-0.15, -0.1) is 0 Å². The van der Waals surface area contributed by atoms with Crippen molar-refractivity contribution < 1.29 is 0 Å². The van der Waals surface area contributed by atoms with Gasteiger partial charge in [-0.25, -0.2) is 0 Å². The number of nitrogens with zero attached hydrogens (tertiary/aromatic N) is 1. The highest BCUT2D eigenvalue weighted by molar-refractivity contribution is 9.10. The lowest BCUT2D eigenvalue weighted by atomic mass is 9.92. The third-order valence-electron chi connectivity index (χ3n) is 2.05. The Morgan fingerprint density at radius 1 is 1.36 bits per heavy atom. The van der Waals surface area contributed by atoms with E-state index < -0.39 is 0 Å². The average molecular weight is 258 g/mol. The van der Waals surface area contributed by atoms with E-state index in [0.29, 0.717) is 0 Å². The van der Waals surface area contributed by atoms with E-state index in [4.69, 9.17) is 0 Å². The van der Waals surface area contributed by atoms with Crippen molar-refractivity contribution in [1.29, 1.82) is 0 Å². The first-order chi connectivity index (χ1) is 6.38. The number of aryl methyl sites for hydroxylation is 1. The summed E-state index contributed by atoms with van der Waals surface area (Å²) in [6.45, 7) is 7.31. The van der Waals surface area contributed by atoms with Crippen LogP contribution in [0.3, 0.4) is 0 Å². The van der Waals surface area contributed by atoms with Gasteiger partial charge in [0, 0.05) is 23.3 Å². The Balaban J connectivity index is 2.77. The van der Waals surface area contributed by atoms with Crippen LogP contribution < -0.4 is 5.56 Å². The molecule has 2 nitrogen and oxygen atoms in total. The minimum Gasteiger partial charge on any atom is -0.314 e. The minimum atomic E-state index is 0.0671. The summed E-state index contributed by atoms with van der Waals surface area (Å²) < 4.78 is 2.70. The van der Waals surface area contributed by atoms with Crippen LogP contribution in [-0.4, -0.2) is 4.57 Å². The number of hydrogen-bond acceptors (Lipinski definition) is 1. The number of pyridine rings is 1. The van der Waals surface area contributed by atoms with Gasteiger partial charge in [-0.1, -0.05) is 20.8 Å². The Bertz CT molecular complexity index is 362. The molecule has 0 bridgehead atoms. The average Bonchev–Trinajstić information content (AvgIpc) is 2.05. The predicted octanol–water partition coefficient (Wildman–Crippen LogP) is 3.05. The predicted molar refractivity (Wildman–Crippen MR) is 62.5 cm³/mol. The molecule has 1 aromatic rings. The molecule has 0 aliphatic rings. The zero-order valence-electron chi connectivity index (χ0n) is 8.88. The summed E-state index contributed by atoms with van der Waals surface area (Å²) in [6, 6.07) is 3.36. The van der Waals surface area contributed by atoms with Crippen LogP contribution in [0.5, 0.6) is 0 Å². The fourth-order valence-electron chi connectivity index (χ4n) is 1.13. The van der Waals surface area contributed by atoms with Crippen molar-refractivity contribution in [3.63, 3.8) is 0 Å². The lowest BCUT2D eigenvalue weighted by molar-refractivity contribution is 0.347. The van der Waals surface area contributed by atoms with Gasteiger partial charge >= 0.3 is 0 Å². The molecule has 0 fully saturated rings. The normalized spacial score (nSPS) is 11.7. The van der Waals surface area contributed by atoms with Crippen molar-refractivity contribution in [3.8, 4) is 0 Å². The Morgan fingerprint density at radius 2 is 2.00 bits per heavy atom. The summed E-state index contributed by atoms with van der Waals surface area (Å²) in [7, 11) is 0. The topological polar surface area (TPSA) is 22.0 Å². The van der Waals surface area contributed by atoms with Crippen LogP contribution in [-0.2, 0) is 6.54 Å². The smallest absolute Gasteiger partial charge is 0.250 e. The lowest BCUT2D eigenvalue weighted by Gasteiger charge is -2.18. The number of halogens is 1. The van der Waals surface area contributed by atoms with Gasteiger partial charge < -0.3 is 4.57 Å². The standard InChI is InChI=1S/C11H16BrNO/c1-11(2,3)6-7-13-8-9(12)4-5-10(13)14/h4-5,8H,6-7H2,1-3H3. The van der Waals surface area contributed by atoms with E-state index in [1.165, 1.54) is 0 Å². The van der Waals surface area contributed by atoms with E-state index >= 15 is 0 Å². The Kier molecular flexibility index (Phi) is 3.53. The maximum absolute atomic E-state index is 11.4. The molecule has 0 amide bonds. The fourth-order valence-corrected chi connectivity index (χ4v) is 1.51. The van der Waals surface area contributed by atoms with Crippen molar-refractivity contribution >= 4 is 15.9 Å². The van der Waals surface area contributed by atoms with Gasteiger partial charge in [0.25, 0.3) is 5.56 Å². The Labute approximate surface area is 93.1 Å². The van der Waals surface area contributed by atoms with Crippen LogP contribution in [0.25, 0.3) is 0 Å². The maximum Gasteiger partial charge on any atom is 0.250 e. The molecule has 0 atom stereocenters. The summed E-state index contributed by atoms with van der Waals surface area (Å²) in [6.07, 6.45) is 2.84. The lowest BCUT2D eigenvalue weighted by Crippen LogP contribution is -2.21. The van der Waals surface area contributed by atoms with E-state index in [2.05, 4.69) is 36.7 Å². The van der Waals surface area contributed by atoms with E-state index in [0.717, 1.165) is 17.4 Å². The summed E-state index contributed by atoms with van der Waals surface area (Å²) in [5, 5.41) is 0. The molecule has 1 rings (SSSR count). The van der Waals surface area contributed by atoms with Crippen molar-refractivity contribution in [3.05, 3.63) is 33.2 Å². The van der Waals surface area contributed by atoms with Crippen molar-refractivity contribution in [2.75, 3.05) is 0 Å². The fraction of sp³-hybridized carbons (Fsp3) is 0.545. The highest BCUT2D eigenvalue weighted by atomic mass is 79.9. The van der Waals surface area contributed by atoms with Crippen molar-refractivity contribution in [2.45, 2.75) is 33.7 Å². The number of aromatic nitrogens is 1. The van der Waals surface area contributed by atoms with Gasteiger partial charge in [-0.3, -0.25) is 4.79 Å². The van der Waals surface area contributed by atoms with Crippen LogP contribution in [0.4, 0.5) is 0 Å².